The first-order valence-electron chi connectivity index (χ1n) is 7.01. The van der Waals surface area contributed by atoms with Crippen LogP contribution in [0.15, 0.2) is 36.4 Å². The minimum absolute atomic E-state index is 0.600. The number of benzene rings is 2. The molecule has 3 nitrogen and oxygen atoms in total. The van der Waals surface area contributed by atoms with Crippen molar-refractivity contribution in [1.29, 1.82) is 5.26 Å². The Morgan fingerprint density at radius 1 is 1.00 bits per heavy atom. The quantitative estimate of drug-likeness (QED) is 0.620. The first kappa shape index (κ1) is 15.7. The average Bonchev–Trinajstić information content (AvgIpc) is 2.54. The lowest BCUT2D eigenvalue weighted by molar-refractivity contribution is 0.388. The Hall–Kier alpha value is -2.73. The van der Waals surface area contributed by atoms with E-state index in [1.165, 1.54) is 5.56 Å². The van der Waals surface area contributed by atoms with Crippen molar-refractivity contribution in [3.05, 3.63) is 58.7 Å². The van der Waals surface area contributed by atoms with Gasteiger partial charge in [-0.15, -0.1) is 0 Å². The van der Waals surface area contributed by atoms with E-state index in [0.717, 1.165) is 28.2 Å². The van der Waals surface area contributed by atoms with Crippen LogP contribution in [-0.4, -0.2) is 14.2 Å². The van der Waals surface area contributed by atoms with Gasteiger partial charge in [0.05, 0.1) is 25.9 Å². The zero-order valence-corrected chi connectivity index (χ0v) is 13.3. The van der Waals surface area contributed by atoms with Crippen molar-refractivity contribution >= 4 is 11.6 Å². The van der Waals surface area contributed by atoms with E-state index in [0.29, 0.717) is 5.57 Å². The summed E-state index contributed by atoms with van der Waals surface area (Å²) in [6.45, 7) is 3.96. The minimum atomic E-state index is 0.600. The molecule has 0 saturated heterocycles. The minimum Gasteiger partial charge on any atom is -0.496 e. The fourth-order valence-corrected chi connectivity index (χ4v) is 2.37. The molecular weight excluding hydrogens is 274 g/mol. The molecule has 0 fully saturated rings. The SMILES string of the molecule is COc1ccc(/C=C(/C#N)c2ccc(C)cc2)c(OC)c1C. The van der Waals surface area contributed by atoms with Crippen LogP contribution in [0.25, 0.3) is 11.6 Å². The molecule has 0 spiro atoms. The molecule has 2 aromatic rings. The first-order valence-corrected chi connectivity index (χ1v) is 7.01. The van der Waals surface area contributed by atoms with Crippen LogP contribution < -0.4 is 9.47 Å². The third-order valence-corrected chi connectivity index (χ3v) is 3.59. The van der Waals surface area contributed by atoms with Crippen molar-refractivity contribution in [3.8, 4) is 17.6 Å². The van der Waals surface area contributed by atoms with Crippen LogP contribution in [-0.2, 0) is 0 Å². The van der Waals surface area contributed by atoms with Gasteiger partial charge in [0.1, 0.15) is 11.5 Å². The van der Waals surface area contributed by atoms with Crippen molar-refractivity contribution in [3.63, 3.8) is 0 Å². The Balaban J connectivity index is 2.53. The number of aryl methyl sites for hydroxylation is 1. The lowest BCUT2D eigenvalue weighted by Gasteiger charge is -2.12. The van der Waals surface area contributed by atoms with E-state index >= 15 is 0 Å². The van der Waals surface area contributed by atoms with E-state index < -0.39 is 0 Å². The number of nitriles is 1. The third-order valence-electron chi connectivity index (χ3n) is 3.59. The lowest BCUT2D eigenvalue weighted by atomic mass is 10.0. The first-order chi connectivity index (χ1) is 10.6. The molecule has 2 rings (SSSR count). The Morgan fingerprint density at radius 2 is 1.68 bits per heavy atom. The number of methoxy groups -OCH3 is 2. The molecule has 0 saturated carbocycles. The highest BCUT2D eigenvalue weighted by Gasteiger charge is 2.11. The Labute approximate surface area is 131 Å². The van der Waals surface area contributed by atoms with Crippen molar-refractivity contribution in [2.45, 2.75) is 13.8 Å². The molecule has 0 unspecified atom stereocenters. The van der Waals surface area contributed by atoms with Gasteiger partial charge in [-0.25, -0.2) is 0 Å². The van der Waals surface area contributed by atoms with E-state index in [1.54, 1.807) is 14.2 Å². The van der Waals surface area contributed by atoms with Crippen LogP contribution in [0.4, 0.5) is 0 Å². The molecule has 2 aromatic carbocycles. The van der Waals surface area contributed by atoms with Crippen LogP contribution in [0.2, 0.25) is 0 Å². The molecule has 0 atom stereocenters. The summed E-state index contributed by atoms with van der Waals surface area (Å²) in [5.41, 5.74) is 4.43. The zero-order chi connectivity index (χ0) is 16.1. The molecule has 0 bridgehead atoms. The maximum Gasteiger partial charge on any atom is 0.132 e. The van der Waals surface area contributed by atoms with E-state index in [2.05, 4.69) is 6.07 Å². The second-order valence-corrected chi connectivity index (χ2v) is 5.05. The molecule has 0 N–H and O–H groups in total. The largest absolute Gasteiger partial charge is 0.496 e. The molecule has 3 heteroatoms. The summed E-state index contributed by atoms with van der Waals surface area (Å²) in [5, 5.41) is 9.46. The van der Waals surface area contributed by atoms with Gasteiger partial charge in [0.25, 0.3) is 0 Å². The van der Waals surface area contributed by atoms with Gasteiger partial charge in [0, 0.05) is 11.1 Å². The maximum atomic E-state index is 9.46. The number of hydrogen-bond donors (Lipinski definition) is 0. The second kappa shape index (κ2) is 6.82. The summed E-state index contributed by atoms with van der Waals surface area (Å²) in [4.78, 5) is 0. The third kappa shape index (κ3) is 3.12. The van der Waals surface area contributed by atoms with Crippen molar-refractivity contribution < 1.29 is 9.47 Å². The normalized spacial score (nSPS) is 11.0. The Kier molecular flexibility index (Phi) is 4.85. The van der Waals surface area contributed by atoms with Gasteiger partial charge in [0.15, 0.2) is 0 Å². The molecule has 0 aliphatic heterocycles. The molecule has 0 radical (unpaired) electrons. The lowest BCUT2D eigenvalue weighted by Crippen LogP contribution is -1.95. The van der Waals surface area contributed by atoms with Crippen LogP contribution in [0.5, 0.6) is 11.5 Å². The maximum absolute atomic E-state index is 9.46. The van der Waals surface area contributed by atoms with E-state index in [1.807, 2.05) is 56.3 Å². The van der Waals surface area contributed by atoms with E-state index in [9.17, 15) is 5.26 Å². The smallest absolute Gasteiger partial charge is 0.132 e. The predicted molar refractivity (Wildman–Crippen MR) is 88.9 cm³/mol. The van der Waals surface area contributed by atoms with Crippen LogP contribution >= 0.6 is 0 Å². The summed E-state index contributed by atoms with van der Waals surface area (Å²) in [6, 6.07) is 13.9. The van der Waals surface area contributed by atoms with Crippen molar-refractivity contribution in [2.75, 3.05) is 14.2 Å². The van der Waals surface area contributed by atoms with Crippen LogP contribution in [0, 0.1) is 25.2 Å². The molecule has 0 amide bonds. The van der Waals surface area contributed by atoms with E-state index in [-0.39, 0.29) is 0 Å². The standard InChI is InChI=1S/C19H19NO2/c1-13-5-7-15(8-6-13)17(12-20)11-16-9-10-18(21-3)14(2)19(16)22-4/h5-11H,1-4H3/b17-11-. The summed E-state index contributed by atoms with van der Waals surface area (Å²) in [6.07, 6.45) is 1.84. The van der Waals surface area contributed by atoms with Gasteiger partial charge < -0.3 is 9.47 Å². The van der Waals surface area contributed by atoms with Crippen LogP contribution in [0.1, 0.15) is 22.3 Å². The number of ether oxygens (including phenoxy) is 2. The Bertz CT molecular complexity index is 737. The second-order valence-electron chi connectivity index (χ2n) is 5.05. The highest BCUT2D eigenvalue weighted by atomic mass is 16.5. The monoisotopic (exact) mass is 293 g/mol. The molecular formula is C19H19NO2. The van der Waals surface area contributed by atoms with Gasteiger partial charge in [-0.1, -0.05) is 29.8 Å². The van der Waals surface area contributed by atoms with Crippen molar-refractivity contribution in [1.82, 2.24) is 0 Å². The highest BCUT2D eigenvalue weighted by Crippen LogP contribution is 2.33. The van der Waals surface area contributed by atoms with Gasteiger partial charge in [-0.2, -0.15) is 5.26 Å². The topological polar surface area (TPSA) is 42.2 Å². The average molecular weight is 293 g/mol. The molecule has 112 valence electrons. The zero-order valence-electron chi connectivity index (χ0n) is 13.3. The van der Waals surface area contributed by atoms with E-state index in [4.69, 9.17) is 9.47 Å². The highest BCUT2D eigenvalue weighted by molar-refractivity contribution is 5.91. The molecule has 0 heterocycles. The van der Waals surface area contributed by atoms with Gasteiger partial charge in [-0.3, -0.25) is 0 Å². The summed E-state index contributed by atoms with van der Waals surface area (Å²) in [5.74, 6) is 1.49. The fourth-order valence-electron chi connectivity index (χ4n) is 2.37. The molecule has 0 aromatic heterocycles. The van der Waals surface area contributed by atoms with Gasteiger partial charge in [-0.05, 0) is 37.6 Å². The number of nitrogens with zero attached hydrogens (tertiary/aromatic N) is 1. The Morgan fingerprint density at radius 3 is 2.23 bits per heavy atom. The van der Waals surface area contributed by atoms with Crippen LogP contribution in [0.3, 0.4) is 0 Å². The fraction of sp³-hybridized carbons (Fsp3) is 0.211. The molecule has 0 aliphatic carbocycles. The summed E-state index contributed by atoms with van der Waals surface area (Å²) in [7, 11) is 3.25. The molecule has 22 heavy (non-hydrogen) atoms. The number of hydrogen-bond acceptors (Lipinski definition) is 3. The number of allylic oxidation sites excluding steroid dienone is 1. The van der Waals surface area contributed by atoms with Gasteiger partial charge in [0.2, 0.25) is 0 Å². The summed E-state index contributed by atoms with van der Waals surface area (Å²) >= 11 is 0. The summed E-state index contributed by atoms with van der Waals surface area (Å²) < 4.78 is 10.8. The molecule has 0 aliphatic rings. The van der Waals surface area contributed by atoms with Gasteiger partial charge >= 0.3 is 0 Å². The number of rotatable bonds is 4. The predicted octanol–water partition coefficient (Wildman–Crippen LogP) is 4.38. The van der Waals surface area contributed by atoms with Crippen molar-refractivity contribution in [2.24, 2.45) is 0 Å².